The van der Waals surface area contributed by atoms with Gasteiger partial charge < -0.3 is 9.32 Å². The maximum absolute atomic E-state index is 6.64. The monoisotopic (exact) mass is 695 g/mol. The molecule has 1 heterocycles. The van der Waals surface area contributed by atoms with Crippen molar-refractivity contribution in [2.45, 2.75) is 26.2 Å². The summed E-state index contributed by atoms with van der Waals surface area (Å²) in [5.74, 6) is 0.922. The number of para-hydroxylation sites is 1. The van der Waals surface area contributed by atoms with Crippen LogP contribution >= 0.6 is 0 Å². The van der Waals surface area contributed by atoms with Gasteiger partial charge in [0, 0.05) is 33.6 Å². The maximum Gasteiger partial charge on any atom is 0.139 e. The van der Waals surface area contributed by atoms with Crippen LogP contribution in [0.5, 0.6) is 0 Å². The predicted molar refractivity (Wildman–Crippen MR) is 229 cm³/mol. The molecule has 0 saturated heterocycles. The summed E-state index contributed by atoms with van der Waals surface area (Å²) in [5, 5.41) is 3.66. The summed E-state index contributed by atoms with van der Waals surface area (Å²) in [6, 6.07) is 69.6. The molecule has 0 radical (unpaired) electrons. The van der Waals surface area contributed by atoms with Crippen molar-refractivity contribution < 1.29 is 4.42 Å². The van der Waals surface area contributed by atoms with E-state index in [-0.39, 0.29) is 5.41 Å². The fourth-order valence-electron chi connectivity index (χ4n) is 7.71. The molecule has 8 aromatic carbocycles. The highest BCUT2D eigenvalue weighted by Gasteiger charge is 2.26. The number of anilines is 3. The molecule has 260 valence electrons. The van der Waals surface area contributed by atoms with Crippen LogP contribution in [-0.2, 0) is 5.41 Å². The number of fused-ring (bicyclic) bond motifs is 2. The van der Waals surface area contributed by atoms with E-state index in [0.29, 0.717) is 0 Å². The van der Waals surface area contributed by atoms with Gasteiger partial charge in [-0.1, -0.05) is 160 Å². The first kappa shape index (κ1) is 33.2. The molecule has 0 aliphatic heterocycles. The lowest BCUT2D eigenvalue weighted by atomic mass is 9.83. The molecule has 0 atom stereocenters. The molecule has 2 heteroatoms. The van der Waals surface area contributed by atoms with Crippen molar-refractivity contribution in [3.8, 4) is 44.7 Å². The van der Waals surface area contributed by atoms with Crippen molar-refractivity contribution in [3.05, 3.63) is 200 Å². The van der Waals surface area contributed by atoms with Crippen LogP contribution in [0.15, 0.2) is 199 Å². The van der Waals surface area contributed by atoms with Crippen LogP contribution in [-0.4, -0.2) is 0 Å². The first-order valence-electron chi connectivity index (χ1n) is 18.7. The van der Waals surface area contributed by atoms with E-state index in [1.807, 2.05) is 6.07 Å². The van der Waals surface area contributed by atoms with Gasteiger partial charge in [-0.25, -0.2) is 0 Å². The van der Waals surface area contributed by atoms with Gasteiger partial charge in [-0.2, -0.15) is 0 Å². The van der Waals surface area contributed by atoms with E-state index in [2.05, 4.69) is 214 Å². The Kier molecular flexibility index (Phi) is 8.44. The quantitative estimate of drug-likeness (QED) is 0.165. The lowest BCUT2D eigenvalue weighted by Gasteiger charge is -2.27. The molecule has 0 amide bonds. The van der Waals surface area contributed by atoms with Gasteiger partial charge in [0.05, 0.1) is 0 Å². The molecule has 9 rings (SSSR count). The van der Waals surface area contributed by atoms with E-state index in [9.17, 15) is 0 Å². The van der Waals surface area contributed by atoms with Crippen molar-refractivity contribution in [3.63, 3.8) is 0 Å². The highest BCUT2D eigenvalue weighted by Crippen LogP contribution is 2.44. The van der Waals surface area contributed by atoms with Gasteiger partial charge in [0.15, 0.2) is 0 Å². The summed E-state index contributed by atoms with van der Waals surface area (Å²) >= 11 is 0. The second-order valence-electron chi connectivity index (χ2n) is 15.0. The first-order valence-corrected chi connectivity index (χ1v) is 18.7. The zero-order valence-electron chi connectivity index (χ0n) is 30.8. The summed E-state index contributed by atoms with van der Waals surface area (Å²) in [7, 11) is 0. The van der Waals surface area contributed by atoms with Crippen molar-refractivity contribution in [1.29, 1.82) is 0 Å². The van der Waals surface area contributed by atoms with Crippen LogP contribution in [0.4, 0.5) is 17.1 Å². The summed E-state index contributed by atoms with van der Waals surface area (Å²) in [6.45, 7) is 6.79. The minimum atomic E-state index is -0.107. The van der Waals surface area contributed by atoms with E-state index in [4.69, 9.17) is 4.42 Å². The molecular weight excluding hydrogens is 655 g/mol. The van der Waals surface area contributed by atoms with Crippen LogP contribution in [0.1, 0.15) is 26.3 Å². The minimum absolute atomic E-state index is 0.107. The highest BCUT2D eigenvalue weighted by molar-refractivity contribution is 5.91. The summed E-state index contributed by atoms with van der Waals surface area (Å²) in [4.78, 5) is 2.34. The zero-order valence-corrected chi connectivity index (χ0v) is 30.8. The third-order valence-corrected chi connectivity index (χ3v) is 10.3. The Bertz CT molecular complexity index is 2730. The van der Waals surface area contributed by atoms with E-state index in [0.717, 1.165) is 34.0 Å². The molecular formula is C52H41NO. The van der Waals surface area contributed by atoms with Gasteiger partial charge in [0.2, 0.25) is 0 Å². The molecule has 0 bridgehead atoms. The van der Waals surface area contributed by atoms with E-state index < -0.39 is 0 Å². The number of benzene rings is 8. The Morgan fingerprint density at radius 2 is 0.889 bits per heavy atom. The van der Waals surface area contributed by atoms with Crippen LogP contribution in [0.2, 0.25) is 0 Å². The molecule has 0 unspecified atom stereocenters. The molecule has 0 aliphatic rings. The zero-order chi connectivity index (χ0) is 36.6. The topological polar surface area (TPSA) is 16.4 Å². The van der Waals surface area contributed by atoms with E-state index >= 15 is 0 Å². The second kappa shape index (κ2) is 13.7. The number of hydrogen-bond acceptors (Lipinski definition) is 2. The van der Waals surface area contributed by atoms with Gasteiger partial charge >= 0.3 is 0 Å². The lowest BCUT2D eigenvalue weighted by molar-refractivity contribution is 0.568. The maximum atomic E-state index is 6.64. The molecule has 9 aromatic rings. The van der Waals surface area contributed by atoms with Crippen molar-refractivity contribution in [2.24, 2.45) is 0 Å². The van der Waals surface area contributed by atoms with Gasteiger partial charge in [0.1, 0.15) is 11.3 Å². The molecule has 0 aliphatic carbocycles. The van der Waals surface area contributed by atoms with Crippen LogP contribution in [0.25, 0.3) is 66.4 Å². The van der Waals surface area contributed by atoms with Gasteiger partial charge in [0.25, 0.3) is 0 Å². The molecule has 54 heavy (non-hydrogen) atoms. The average molecular weight is 696 g/mol. The smallest absolute Gasteiger partial charge is 0.139 e. The normalized spacial score (nSPS) is 11.6. The summed E-state index contributed by atoms with van der Waals surface area (Å²) < 4.78 is 6.64. The van der Waals surface area contributed by atoms with Crippen LogP contribution in [0.3, 0.4) is 0 Å². The largest absolute Gasteiger partial charge is 0.456 e. The first-order chi connectivity index (χ1) is 26.4. The minimum Gasteiger partial charge on any atom is -0.456 e. The Morgan fingerprint density at radius 1 is 0.370 bits per heavy atom. The Morgan fingerprint density at radius 3 is 1.57 bits per heavy atom. The molecule has 0 spiro atoms. The SMILES string of the molecule is CC(C)(C)c1c(-c2cccc(N(c3ccc(-c4cccc(-c5ccccc5)c4)cc3)c3ccc(-c4ccc5ccccc5c4)cc3)c2)oc2ccccc12. The van der Waals surface area contributed by atoms with Crippen molar-refractivity contribution in [1.82, 2.24) is 0 Å². The Balaban J connectivity index is 1.13. The van der Waals surface area contributed by atoms with Crippen LogP contribution < -0.4 is 4.90 Å². The number of furan rings is 1. The molecule has 2 nitrogen and oxygen atoms in total. The predicted octanol–water partition coefficient (Wildman–Crippen LogP) is 15.0. The van der Waals surface area contributed by atoms with Crippen LogP contribution in [0, 0.1) is 0 Å². The van der Waals surface area contributed by atoms with Gasteiger partial charge in [-0.05, 0) is 104 Å². The number of hydrogen-bond donors (Lipinski definition) is 0. The van der Waals surface area contributed by atoms with Crippen molar-refractivity contribution in [2.75, 3.05) is 4.90 Å². The number of nitrogens with zero attached hydrogens (tertiary/aromatic N) is 1. The fourth-order valence-corrected chi connectivity index (χ4v) is 7.71. The second-order valence-corrected chi connectivity index (χ2v) is 15.0. The molecule has 0 fully saturated rings. The Labute approximate surface area is 317 Å². The fraction of sp³-hybridized carbons (Fsp3) is 0.0769. The lowest BCUT2D eigenvalue weighted by Crippen LogP contribution is -2.12. The highest BCUT2D eigenvalue weighted by atomic mass is 16.3. The van der Waals surface area contributed by atoms with E-state index in [1.165, 1.54) is 55.1 Å². The third kappa shape index (κ3) is 6.37. The summed E-state index contributed by atoms with van der Waals surface area (Å²) in [5.41, 5.74) is 13.5. The molecule has 1 aromatic heterocycles. The molecule has 0 N–H and O–H groups in total. The Hall–Kier alpha value is -6.64. The third-order valence-electron chi connectivity index (χ3n) is 10.3. The summed E-state index contributed by atoms with van der Waals surface area (Å²) in [6.07, 6.45) is 0. The van der Waals surface area contributed by atoms with Gasteiger partial charge in [-0.15, -0.1) is 0 Å². The van der Waals surface area contributed by atoms with Crippen molar-refractivity contribution >= 4 is 38.8 Å². The standard InChI is InChI=1S/C52H41NO/c1-52(2,3)50-48-21-9-10-22-49(48)54-51(50)44-19-12-20-47(35-44)53(46-31-27-39(28-32-46)43-24-23-37-15-7-8-16-40(37)34-43)45-29-25-38(26-30-45)42-18-11-17-41(33-42)36-13-5-4-6-14-36/h4-35H,1-3H3. The van der Waals surface area contributed by atoms with Gasteiger partial charge in [-0.3, -0.25) is 0 Å². The van der Waals surface area contributed by atoms with E-state index in [1.54, 1.807) is 0 Å². The number of rotatable bonds is 7. The molecule has 0 saturated carbocycles. The average Bonchev–Trinajstić information content (AvgIpc) is 3.63.